The standard InChI is InChI=1S/C9H13BO/c1-3-9(11)8-4-5-10-7(2)6-8/h4-6,9,11H,3H2,1-2H3. The van der Waals surface area contributed by atoms with Crippen molar-refractivity contribution >= 4 is 6.91 Å². The number of hydrogen-bond acceptors (Lipinski definition) is 1. The first kappa shape index (κ1) is 8.47. The molecule has 0 aliphatic rings. The summed E-state index contributed by atoms with van der Waals surface area (Å²) >= 11 is 0. The summed E-state index contributed by atoms with van der Waals surface area (Å²) in [4.78, 5) is 0. The topological polar surface area (TPSA) is 20.2 Å². The fourth-order valence-electron chi connectivity index (χ4n) is 1.11. The van der Waals surface area contributed by atoms with Crippen molar-refractivity contribution < 1.29 is 5.11 Å². The van der Waals surface area contributed by atoms with Gasteiger partial charge in [-0.15, -0.1) is 0 Å². The van der Waals surface area contributed by atoms with Gasteiger partial charge in [-0.2, -0.15) is 0 Å². The average molecular weight is 148 g/mol. The van der Waals surface area contributed by atoms with Crippen LogP contribution in [-0.4, -0.2) is 12.0 Å². The molecule has 1 atom stereocenters. The van der Waals surface area contributed by atoms with Gasteiger partial charge in [0.05, 0.1) is 0 Å². The third kappa shape index (κ3) is 2.16. The number of rotatable bonds is 2. The fourth-order valence-corrected chi connectivity index (χ4v) is 1.11. The van der Waals surface area contributed by atoms with Crippen LogP contribution in [0.1, 0.15) is 30.5 Å². The molecule has 1 N–H and O–H groups in total. The van der Waals surface area contributed by atoms with Crippen LogP contribution >= 0.6 is 0 Å². The van der Waals surface area contributed by atoms with Gasteiger partial charge in [-0.3, -0.25) is 0 Å². The molecule has 1 nitrogen and oxygen atoms in total. The zero-order valence-corrected chi connectivity index (χ0v) is 7.04. The molecule has 0 aliphatic carbocycles. The number of aliphatic hydroxyl groups excluding tert-OH is 1. The van der Waals surface area contributed by atoms with Crippen LogP contribution in [0.3, 0.4) is 0 Å². The molecule has 1 unspecified atom stereocenters. The Morgan fingerprint density at radius 3 is 2.91 bits per heavy atom. The van der Waals surface area contributed by atoms with E-state index in [9.17, 15) is 5.11 Å². The van der Waals surface area contributed by atoms with Crippen molar-refractivity contribution in [1.82, 2.24) is 0 Å². The zero-order valence-electron chi connectivity index (χ0n) is 7.04. The molecule has 0 fully saturated rings. The third-order valence-electron chi connectivity index (χ3n) is 1.81. The Kier molecular flexibility index (Phi) is 2.83. The van der Waals surface area contributed by atoms with E-state index in [0.29, 0.717) is 0 Å². The predicted octanol–water partition coefficient (Wildman–Crippen LogP) is 1.78. The Morgan fingerprint density at radius 1 is 1.64 bits per heavy atom. The number of aliphatic hydroxyl groups is 1. The average Bonchev–Trinajstić information content (AvgIpc) is 2.03. The minimum absolute atomic E-state index is 0.296. The molecule has 58 valence electrons. The van der Waals surface area contributed by atoms with Gasteiger partial charge in [0.15, 0.2) is 0 Å². The molecule has 11 heavy (non-hydrogen) atoms. The van der Waals surface area contributed by atoms with Gasteiger partial charge in [0.25, 0.3) is 0 Å². The van der Waals surface area contributed by atoms with Crippen molar-refractivity contribution in [3.63, 3.8) is 0 Å². The van der Waals surface area contributed by atoms with Gasteiger partial charge in [-0.25, -0.2) is 0 Å². The van der Waals surface area contributed by atoms with Crippen LogP contribution in [0.25, 0.3) is 0 Å². The second-order valence-corrected chi connectivity index (χ2v) is 2.84. The molecule has 1 aromatic rings. The van der Waals surface area contributed by atoms with Crippen molar-refractivity contribution in [3.05, 3.63) is 29.1 Å². The summed E-state index contributed by atoms with van der Waals surface area (Å²) in [5.74, 6) is 1.98. The molecule has 0 saturated heterocycles. The van der Waals surface area contributed by atoms with Crippen LogP contribution in [0, 0.1) is 6.92 Å². The summed E-state index contributed by atoms with van der Waals surface area (Å²) in [7, 11) is 0. The molecule has 0 saturated carbocycles. The van der Waals surface area contributed by atoms with Crippen LogP contribution in [-0.2, 0) is 0 Å². The molecule has 0 spiro atoms. The van der Waals surface area contributed by atoms with Gasteiger partial charge < -0.3 is 0 Å². The quantitative estimate of drug-likeness (QED) is 0.677. The predicted molar refractivity (Wildman–Crippen MR) is 47.8 cm³/mol. The van der Waals surface area contributed by atoms with Crippen molar-refractivity contribution in [2.75, 3.05) is 0 Å². The Labute approximate surface area is 68.3 Å². The molecule has 1 rings (SSSR count). The molecule has 0 aromatic carbocycles. The maximum atomic E-state index is 9.45. The summed E-state index contributed by atoms with van der Waals surface area (Å²) in [6, 6.07) is 3.98. The van der Waals surface area contributed by atoms with Crippen LogP contribution in [0.4, 0.5) is 0 Å². The summed E-state index contributed by atoms with van der Waals surface area (Å²) in [6.07, 6.45) is 0.485. The summed E-state index contributed by atoms with van der Waals surface area (Å²) < 4.78 is 0. The monoisotopic (exact) mass is 148 g/mol. The Hall–Kier alpha value is -0.625. The first-order valence-electron chi connectivity index (χ1n) is 3.98. The summed E-state index contributed by atoms with van der Waals surface area (Å²) in [6.45, 7) is 6.05. The van der Waals surface area contributed by atoms with E-state index in [0.717, 1.165) is 12.0 Å². The van der Waals surface area contributed by atoms with Crippen LogP contribution in [0.2, 0.25) is 0 Å². The van der Waals surface area contributed by atoms with Gasteiger partial charge in [-0.1, -0.05) is 0 Å². The van der Waals surface area contributed by atoms with Crippen molar-refractivity contribution in [3.8, 4) is 0 Å². The molecule has 0 radical (unpaired) electrons. The van der Waals surface area contributed by atoms with E-state index in [1.807, 2.05) is 38.9 Å². The van der Waals surface area contributed by atoms with E-state index in [4.69, 9.17) is 0 Å². The fraction of sp³-hybridized carbons (Fsp3) is 0.444. The zero-order chi connectivity index (χ0) is 8.27. The SMILES string of the molecule is CCC(O)c1ccbc(C)c1. The van der Waals surface area contributed by atoms with Crippen molar-refractivity contribution in [2.24, 2.45) is 0 Å². The molecular formula is C9H13BO. The van der Waals surface area contributed by atoms with Gasteiger partial charge in [0, 0.05) is 0 Å². The number of hydrogen-bond donors (Lipinski definition) is 1. The second kappa shape index (κ2) is 3.68. The van der Waals surface area contributed by atoms with Gasteiger partial charge in [0.1, 0.15) is 0 Å². The van der Waals surface area contributed by atoms with Gasteiger partial charge >= 0.3 is 67.5 Å². The Balaban J connectivity index is 2.86. The van der Waals surface area contributed by atoms with E-state index in [1.54, 1.807) is 0 Å². The second-order valence-electron chi connectivity index (χ2n) is 2.84. The van der Waals surface area contributed by atoms with E-state index in [1.165, 1.54) is 5.46 Å². The molecule has 0 amide bonds. The molecule has 1 heterocycles. The number of aryl methyl sites for hydroxylation is 1. The summed E-state index contributed by atoms with van der Waals surface area (Å²) in [5, 5.41) is 9.45. The minimum atomic E-state index is -0.296. The molecule has 2 heteroatoms. The van der Waals surface area contributed by atoms with Crippen LogP contribution in [0.15, 0.2) is 18.1 Å². The summed E-state index contributed by atoms with van der Waals surface area (Å²) in [5.41, 5.74) is 2.22. The molecular weight excluding hydrogens is 135 g/mol. The van der Waals surface area contributed by atoms with E-state index < -0.39 is 0 Å². The van der Waals surface area contributed by atoms with Crippen molar-refractivity contribution in [2.45, 2.75) is 26.4 Å². The van der Waals surface area contributed by atoms with Crippen LogP contribution < -0.4 is 0 Å². The third-order valence-corrected chi connectivity index (χ3v) is 1.81. The van der Waals surface area contributed by atoms with E-state index >= 15 is 0 Å². The van der Waals surface area contributed by atoms with Gasteiger partial charge in [-0.05, 0) is 0 Å². The molecule has 0 aliphatic heterocycles. The van der Waals surface area contributed by atoms with E-state index in [2.05, 4.69) is 0 Å². The first-order chi connectivity index (χ1) is 5.24. The van der Waals surface area contributed by atoms with Gasteiger partial charge in [0.2, 0.25) is 0 Å². The van der Waals surface area contributed by atoms with E-state index in [-0.39, 0.29) is 6.10 Å². The normalized spacial score (nSPS) is 12.6. The van der Waals surface area contributed by atoms with Crippen LogP contribution in [0.5, 0.6) is 0 Å². The molecule has 1 aromatic heterocycles. The first-order valence-corrected chi connectivity index (χ1v) is 3.98. The van der Waals surface area contributed by atoms with Crippen molar-refractivity contribution in [1.29, 1.82) is 0 Å². The Bertz CT molecular complexity index is 235. The Morgan fingerprint density at radius 2 is 2.36 bits per heavy atom. The maximum absolute atomic E-state index is 9.45. The molecule has 0 bridgehead atoms.